The number of carbonyl (C=O) groups is 3. The van der Waals surface area contributed by atoms with Crippen LogP contribution in [-0.4, -0.2) is 29.3 Å². The minimum atomic E-state index is -0.572. The molecule has 52 heavy (non-hydrogen) atoms. The normalized spacial score (nSPS) is 11.7. The summed E-state index contributed by atoms with van der Waals surface area (Å²) in [5.74, 6) is -0.280. The van der Waals surface area contributed by atoms with Crippen molar-refractivity contribution in [3.8, 4) is 17.0 Å². The SMILES string of the molecule is CCOc1ccc(-c2csc(NC(=O)C(Sc3ccc(NC(=O)/C(=C/c4ccc(C)cc4)NC(=O)c4ccccc4)cc3)c3ccccc3)n2)cc1. The highest BCUT2D eigenvalue weighted by Crippen LogP contribution is 2.37. The van der Waals surface area contributed by atoms with Crippen LogP contribution in [0.15, 0.2) is 149 Å². The maximum atomic E-state index is 13.7. The van der Waals surface area contributed by atoms with Gasteiger partial charge >= 0.3 is 0 Å². The monoisotopic (exact) mass is 724 g/mol. The number of thiazole rings is 1. The number of rotatable bonds is 13. The van der Waals surface area contributed by atoms with Gasteiger partial charge in [-0.2, -0.15) is 0 Å². The molecule has 6 rings (SSSR count). The Kier molecular flexibility index (Phi) is 11.9. The maximum absolute atomic E-state index is 13.7. The number of thioether (sulfide) groups is 1. The van der Waals surface area contributed by atoms with E-state index in [4.69, 9.17) is 4.74 Å². The molecule has 1 aromatic heterocycles. The number of aromatic nitrogens is 1. The van der Waals surface area contributed by atoms with Gasteiger partial charge in [0.25, 0.3) is 11.8 Å². The van der Waals surface area contributed by atoms with E-state index < -0.39 is 17.1 Å². The Hall–Kier alpha value is -5.97. The van der Waals surface area contributed by atoms with Gasteiger partial charge in [-0.05, 0) is 91.7 Å². The first-order chi connectivity index (χ1) is 25.3. The molecule has 0 aliphatic heterocycles. The molecule has 0 spiro atoms. The summed E-state index contributed by atoms with van der Waals surface area (Å²) in [6.45, 7) is 4.52. The summed E-state index contributed by atoms with van der Waals surface area (Å²) in [7, 11) is 0. The van der Waals surface area contributed by atoms with Gasteiger partial charge < -0.3 is 20.7 Å². The zero-order valence-corrected chi connectivity index (χ0v) is 30.2. The molecule has 3 amide bonds. The highest BCUT2D eigenvalue weighted by Gasteiger charge is 2.24. The van der Waals surface area contributed by atoms with Crippen LogP contribution in [0.4, 0.5) is 10.8 Å². The smallest absolute Gasteiger partial charge is 0.272 e. The number of carbonyl (C=O) groups excluding carboxylic acids is 3. The number of amides is 3. The van der Waals surface area contributed by atoms with E-state index in [0.717, 1.165) is 38.6 Å². The third-order valence-electron chi connectivity index (χ3n) is 7.82. The number of hydrogen-bond acceptors (Lipinski definition) is 7. The minimum absolute atomic E-state index is 0.102. The maximum Gasteiger partial charge on any atom is 0.272 e. The molecule has 0 saturated carbocycles. The van der Waals surface area contributed by atoms with Crippen LogP contribution in [0.2, 0.25) is 0 Å². The lowest BCUT2D eigenvalue weighted by Crippen LogP contribution is -2.30. The molecule has 3 N–H and O–H groups in total. The average Bonchev–Trinajstić information content (AvgIpc) is 3.64. The molecule has 1 atom stereocenters. The van der Waals surface area contributed by atoms with E-state index in [-0.39, 0.29) is 11.6 Å². The lowest BCUT2D eigenvalue weighted by molar-refractivity contribution is -0.116. The number of ether oxygens (including phenoxy) is 1. The van der Waals surface area contributed by atoms with Gasteiger partial charge in [0, 0.05) is 27.1 Å². The van der Waals surface area contributed by atoms with Gasteiger partial charge in [0.1, 0.15) is 16.7 Å². The van der Waals surface area contributed by atoms with Crippen molar-refractivity contribution in [2.24, 2.45) is 0 Å². The molecule has 0 fully saturated rings. The zero-order valence-electron chi connectivity index (χ0n) is 28.5. The number of benzene rings is 5. The van der Waals surface area contributed by atoms with Crippen molar-refractivity contribution < 1.29 is 19.1 Å². The Morgan fingerprint density at radius 3 is 2.15 bits per heavy atom. The largest absolute Gasteiger partial charge is 0.494 e. The molecular formula is C42H36N4O4S2. The summed E-state index contributed by atoms with van der Waals surface area (Å²) in [6, 6.07) is 40.9. The lowest BCUT2D eigenvalue weighted by Gasteiger charge is -2.17. The van der Waals surface area contributed by atoms with E-state index in [1.54, 1.807) is 42.5 Å². The Bertz CT molecular complexity index is 2150. The molecule has 0 saturated heterocycles. The van der Waals surface area contributed by atoms with E-state index in [1.165, 1.54) is 23.1 Å². The number of nitrogens with zero attached hydrogens (tertiary/aromatic N) is 1. The second-order valence-corrected chi connectivity index (χ2v) is 13.7. The van der Waals surface area contributed by atoms with Crippen LogP contribution >= 0.6 is 23.1 Å². The molecule has 6 aromatic rings. The Morgan fingerprint density at radius 1 is 0.808 bits per heavy atom. The molecule has 0 radical (unpaired) electrons. The van der Waals surface area contributed by atoms with Gasteiger partial charge in [-0.25, -0.2) is 4.98 Å². The topological polar surface area (TPSA) is 109 Å². The van der Waals surface area contributed by atoms with E-state index in [2.05, 4.69) is 20.9 Å². The molecular weight excluding hydrogens is 689 g/mol. The summed E-state index contributed by atoms with van der Waals surface area (Å²) in [5, 5.41) is 10.5. The van der Waals surface area contributed by atoms with Crippen molar-refractivity contribution in [2.45, 2.75) is 24.0 Å². The van der Waals surface area contributed by atoms with Gasteiger partial charge in [-0.1, -0.05) is 78.4 Å². The first-order valence-corrected chi connectivity index (χ1v) is 18.4. The van der Waals surface area contributed by atoms with Gasteiger partial charge in [0.15, 0.2) is 5.13 Å². The summed E-state index contributed by atoms with van der Waals surface area (Å²) in [6.07, 6.45) is 1.65. The first kappa shape index (κ1) is 35.8. The van der Waals surface area contributed by atoms with Gasteiger partial charge in [0.05, 0.1) is 12.3 Å². The van der Waals surface area contributed by atoms with Crippen LogP contribution in [0.25, 0.3) is 17.3 Å². The van der Waals surface area contributed by atoms with Crippen LogP contribution in [0.3, 0.4) is 0 Å². The van der Waals surface area contributed by atoms with Crippen molar-refractivity contribution >= 4 is 57.7 Å². The van der Waals surface area contributed by atoms with Crippen molar-refractivity contribution in [1.29, 1.82) is 0 Å². The standard InChI is InChI=1S/C42H36N4O4S2/c1-3-50-34-22-18-30(19-23-34)37-27-51-42(45-37)46-41(49)38(31-10-6-4-7-11-31)52-35-24-20-33(21-25-35)43-40(48)36(26-29-16-14-28(2)15-17-29)44-39(47)32-12-8-5-9-13-32/h4-27,38H,3H2,1-2H3,(H,43,48)(H,44,47)(H,45,46,49)/b36-26-. The first-order valence-electron chi connectivity index (χ1n) is 16.6. The van der Waals surface area contributed by atoms with E-state index in [9.17, 15) is 14.4 Å². The van der Waals surface area contributed by atoms with Crippen LogP contribution < -0.4 is 20.7 Å². The lowest BCUT2D eigenvalue weighted by atomic mass is 10.1. The van der Waals surface area contributed by atoms with E-state index in [0.29, 0.717) is 23.0 Å². The highest BCUT2D eigenvalue weighted by atomic mass is 32.2. The van der Waals surface area contributed by atoms with Gasteiger partial charge in [-0.15, -0.1) is 23.1 Å². The van der Waals surface area contributed by atoms with Crippen LogP contribution in [0.5, 0.6) is 5.75 Å². The molecule has 5 aromatic carbocycles. The van der Waals surface area contributed by atoms with Crippen molar-refractivity contribution in [3.63, 3.8) is 0 Å². The van der Waals surface area contributed by atoms with Crippen LogP contribution in [0, 0.1) is 6.92 Å². The summed E-state index contributed by atoms with van der Waals surface area (Å²) in [5.41, 5.74) is 5.45. The molecule has 8 nitrogen and oxygen atoms in total. The highest BCUT2D eigenvalue weighted by molar-refractivity contribution is 8.00. The summed E-state index contributed by atoms with van der Waals surface area (Å²) < 4.78 is 5.54. The van der Waals surface area contributed by atoms with Gasteiger partial charge in [-0.3, -0.25) is 14.4 Å². The van der Waals surface area contributed by atoms with Crippen molar-refractivity contribution in [1.82, 2.24) is 10.3 Å². The predicted octanol–water partition coefficient (Wildman–Crippen LogP) is 9.40. The fraction of sp³-hybridized carbons (Fsp3) is 0.0952. The number of nitrogens with one attached hydrogen (secondary N) is 3. The molecule has 1 unspecified atom stereocenters. The summed E-state index contributed by atoms with van der Waals surface area (Å²) in [4.78, 5) is 45.8. The minimum Gasteiger partial charge on any atom is -0.494 e. The van der Waals surface area contributed by atoms with Crippen molar-refractivity contribution in [3.05, 3.63) is 167 Å². The van der Waals surface area contributed by atoms with Crippen molar-refractivity contribution in [2.75, 3.05) is 17.2 Å². The Balaban J connectivity index is 1.15. The van der Waals surface area contributed by atoms with Crippen LogP contribution in [0.1, 0.15) is 39.2 Å². The molecule has 0 bridgehead atoms. The van der Waals surface area contributed by atoms with E-state index >= 15 is 0 Å². The molecule has 0 aliphatic rings. The third kappa shape index (κ3) is 9.63. The molecule has 10 heteroatoms. The molecule has 0 aliphatic carbocycles. The Labute approximate surface area is 311 Å². The number of hydrogen-bond donors (Lipinski definition) is 3. The predicted molar refractivity (Wildman–Crippen MR) is 211 cm³/mol. The number of aryl methyl sites for hydroxylation is 1. The number of anilines is 2. The quantitative estimate of drug-likeness (QED) is 0.0809. The summed E-state index contributed by atoms with van der Waals surface area (Å²) >= 11 is 2.76. The molecule has 1 heterocycles. The zero-order chi connectivity index (χ0) is 36.3. The Morgan fingerprint density at radius 2 is 1.48 bits per heavy atom. The average molecular weight is 725 g/mol. The third-order valence-corrected chi connectivity index (χ3v) is 9.84. The molecule has 260 valence electrons. The van der Waals surface area contributed by atoms with E-state index in [1.807, 2.05) is 116 Å². The van der Waals surface area contributed by atoms with Gasteiger partial charge in [0.2, 0.25) is 5.91 Å². The fourth-order valence-corrected chi connectivity index (χ4v) is 6.89. The second kappa shape index (κ2) is 17.3. The van der Waals surface area contributed by atoms with Crippen LogP contribution in [-0.2, 0) is 9.59 Å². The fourth-order valence-electron chi connectivity index (χ4n) is 5.15. The second-order valence-electron chi connectivity index (χ2n) is 11.7.